The van der Waals surface area contributed by atoms with Crippen LogP contribution in [0.1, 0.15) is 16.7 Å². The maximum absolute atomic E-state index is 13.2. The van der Waals surface area contributed by atoms with Gasteiger partial charge in [-0.25, -0.2) is 13.6 Å². The van der Waals surface area contributed by atoms with Crippen LogP contribution in [-0.2, 0) is 21.0 Å². The molecule has 0 aliphatic rings. The van der Waals surface area contributed by atoms with Crippen molar-refractivity contribution in [1.29, 1.82) is 0 Å². The summed E-state index contributed by atoms with van der Waals surface area (Å²) in [6.45, 7) is 3.42. The van der Waals surface area contributed by atoms with Gasteiger partial charge in [-0.05, 0) is 43.2 Å². The maximum Gasteiger partial charge on any atom is 0.417 e. The topological polar surface area (TPSA) is 92.5 Å². The van der Waals surface area contributed by atoms with Gasteiger partial charge in [0.1, 0.15) is 0 Å². The van der Waals surface area contributed by atoms with E-state index in [4.69, 9.17) is 5.14 Å². The van der Waals surface area contributed by atoms with Gasteiger partial charge in [0.25, 0.3) is 0 Å². The van der Waals surface area contributed by atoms with Crippen molar-refractivity contribution in [3.05, 3.63) is 53.1 Å². The fourth-order valence-corrected chi connectivity index (χ4v) is 3.46. The van der Waals surface area contributed by atoms with Crippen molar-refractivity contribution in [2.24, 2.45) is 5.14 Å². The molecule has 0 radical (unpaired) electrons. The lowest BCUT2D eigenvalue weighted by Crippen LogP contribution is -2.31. The molecule has 0 saturated carbocycles. The standard InChI is InChI=1S/C18H20F3N3O3S/c1-11-5-4-6-12(2)17(11)23-16(25)10-24(3)13-7-8-15(28(22,26)27)14(9-13)18(19,20)21/h4-9H,10H2,1-3H3,(H,23,25)(H2,22,26,27). The number of rotatable bonds is 5. The quantitative estimate of drug-likeness (QED) is 0.785. The molecule has 0 bridgehead atoms. The Morgan fingerprint density at radius 1 is 1.14 bits per heavy atom. The number of nitrogens with one attached hydrogen (secondary N) is 1. The van der Waals surface area contributed by atoms with Crippen LogP contribution >= 0.6 is 0 Å². The molecular weight excluding hydrogens is 395 g/mol. The van der Waals surface area contributed by atoms with E-state index in [0.717, 1.165) is 17.2 Å². The summed E-state index contributed by atoms with van der Waals surface area (Å²) < 4.78 is 62.6. The number of nitrogens with zero attached hydrogens (tertiary/aromatic N) is 1. The van der Waals surface area contributed by atoms with E-state index < -0.39 is 32.6 Å². The van der Waals surface area contributed by atoms with Crippen molar-refractivity contribution in [3.8, 4) is 0 Å². The minimum atomic E-state index is -4.92. The van der Waals surface area contributed by atoms with Gasteiger partial charge in [-0.15, -0.1) is 0 Å². The van der Waals surface area contributed by atoms with Gasteiger partial charge in [0.15, 0.2) is 0 Å². The lowest BCUT2D eigenvalue weighted by Gasteiger charge is -2.22. The molecule has 0 heterocycles. The zero-order valence-electron chi connectivity index (χ0n) is 15.5. The van der Waals surface area contributed by atoms with Crippen molar-refractivity contribution in [1.82, 2.24) is 0 Å². The number of nitrogens with two attached hydrogens (primary N) is 1. The molecule has 0 saturated heterocycles. The van der Waals surface area contributed by atoms with Crippen LogP contribution in [-0.4, -0.2) is 27.9 Å². The predicted molar refractivity (Wildman–Crippen MR) is 101 cm³/mol. The van der Waals surface area contributed by atoms with Gasteiger partial charge in [-0.2, -0.15) is 13.2 Å². The summed E-state index contributed by atoms with van der Waals surface area (Å²) in [6.07, 6.45) is -4.92. The smallest absolute Gasteiger partial charge is 0.365 e. The van der Waals surface area contributed by atoms with Gasteiger partial charge in [-0.1, -0.05) is 18.2 Å². The highest BCUT2D eigenvalue weighted by atomic mass is 32.2. The first-order valence-electron chi connectivity index (χ1n) is 8.12. The lowest BCUT2D eigenvalue weighted by molar-refractivity contribution is -0.139. The molecule has 6 nitrogen and oxygen atoms in total. The first-order valence-corrected chi connectivity index (χ1v) is 9.66. The predicted octanol–water partition coefficient (Wildman–Crippen LogP) is 3.04. The van der Waals surface area contributed by atoms with Crippen LogP contribution in [0.5, 0.6) is 0 Å². The van der Waals surface area contributed by atoms with E-state index in [-0.39, 0.29) is 12.2 Å². The highest BCUT2D eigenvalue weighted by Crippen LogP contribution is 2.36. The first kappa shape index (κ1) is 21.7. The molecule has 1 amide bonds. The maximum atomic E-state index is 13.2. The summed E-state index contributed by atoms with van der Waals surface area (Å²) in [7, 11) is -3.12. The van der Waals surface area contributed by atoms with Gasteiger partial charge in [0, 0.05) is 18.4 Å². The molecule has 0 aliphatic carbocycles. The number of carbonyl (C=O) groups excluding carboxylic acids is 1. The number of primary sulfonamides is 1. The Kier molecular flexibility index (Phi) is 6.05. The third-order valence-corrected chi connectivity index (χ3v) is 5.11. The fourth-order valence-electron chi connectivity index (χ4n) is 2.72. The molecule has 10 heteroatoms. The van der Waals surface area contributed by atoms with Gasteiger partial charge in [0.05, 0.1) is 17.0 Å². The molecule has 0 atom stereocenters. The highest BCUT2D eigenvalue weighted by Gasteiger charge is 2.37. The zero-order valence-corrected chi connectivity index (χ0v) is 16.3. The van der Waals surface area contributed by atoms with Gasteiger partial charge >= 0.3 is 6.18 Å². The van der Waals surface area contributed by atoms with Crippen molar-refractivity contribution in [3.63, 3.8) is 0 Å². The first-order chi connectivity index (χ1) is 12.8. The number of hydrogen-bond acceptors (Lipinski definition) is 4. The largest absolute Gasteiger partial charge is 0.417 e. The van der Waals surface area contributed by atoms with E-state index in [9.17, 15) is 26.4 Å². The second kappa shape index (κ2) is 7.80. The van der Waals surface area contributed by atoms with Crippen LogP contribution in [0.25, 0.3) is 0 Å². The molecule has 0 aliphatic heterocycles. The minimum Gasteiger partial charge on any atom is -0.365 e. The van der Waals surface area contributed by atoms with Crippen LogP contribution in [0.2, 0.25) is 0 Å². The van der Waals surface area contributed by atoms with E-state index in [1.54, 1.807) is 0 Å². The Hall–Kier alpha value is -2.59. The number of halogens is 3. The number of aryl methyl sites for hydroxylation is 2. The molecule has 0 spiro atoms. The molecule has 0 fully saturated rings. The van der Waals surface area contributed by atoms with E-state index in [1.165, 1.54) is 18.0 Å². The molecule has 28 heavy (non-hydrogen) atoms. The molecular formula is C18H20F3N3O3S. The Morgan fingerprint density at radius 2 is 1.71 bits per heavy atom. The Morgan fingerprint density at radius 3 is 2.21 bits per heavy atom. The van der Waals surface area contributed by atoms with Crippen molar-refractivity contribution >= 4 is 27.3 Å². The Balaban J connectivity index is 2.27. The molecule has 0 aromatic heterocycles. The third kappa shape index (κ3) is 5.02. The monoisotopic (exact) mass is 415 g/mol. The number of carbonyl (C=O) groups is 1. The molecule has 152 valence electrons. The SMILES string of the molecule is Cc1cccc(C)c1NC(=O)CN(C)c1ccc(S(N)(=O)=O)c(C(F)(F)F)c1. The second-order valence-corrected chi connectivity index (χ2v) is 7.92. The van der Waals surface area contributed by atoms with Gasteiger partial charge < -0.3 is 10.2 Å². The fraction of sp³-hybridized carbons (Fsp3) is 0.278. The average molecular weight is 415 g/mol. The molecule has 2 aromatic carbocycles. The van der Waals surface area contributed by atoms with Gasteiger partial charge in [0.2, 0.25) is 15.9 Å². The number of alkyl halides is 3. The number of likely N-dealkylation sites (N-methyl/N-ethyl adjacent to an activating group) is 1. The number of benzene rings is 2. The van der Waals surface area contributed by atoms with E-state index in [0.29, 0.717) is 11.8 Å². The molecule has 3 N–H and O–H groups in total. The summed E-state index contributed by atoms with van der Waals surface area (Å²) in [5.74, 6) is -0.427. The van der Waals surface area contributed by atoms with E-state index in [2.05, 4.69) is 5.32 Å². The molecule has 2 aromatic rings. The van der Waals surface area contributed by atoms with Crippen LogP contribution in [0.15, 0.2) is 41.3 Å². The normalized spacial score (nSPS) is 12.0. The lowest BCUT2D eigenvalue weighted by atomic mass is 10.1. The highest BCUT2D eigenvalue weighted by molar-refractivity contribution is 7.89. The Bertz CT molecular complexity index is 985. The van der Waals surface area contributed by atoms with Crippen LogP contribution in [0.4, 0.5) is 24.5 Å². The van der Waals surface area contributed by atoms with Crippen LogP contribution in [0, 0.1) is 13.8 Å². The van der Waals surface area contributed by atoms with Crippen molar-refractivity contribution < 1.29 is 26.4 Å². The van der Waals surface area contributed by atoms with Crippen LogP contribution < -0.4 is 15.4 Å². The number of amides is 1. The van der Waals surface area contributed by atoms with Gasteiger partial charge in [-0.3, -0.25) is 4.79 Å². The summed E-state index contributed by atoms with van der Waals surface area (Å²) >= 11 is 0. The average Bonchev–Trinajstić information content (AvgIpc) is 2.56. The molecule has 2 rings (SSSR count). The number of hydrogen-bond donors (Lipinski definition) is 2. The summed E-state index contributed by atoms with van der Waals surface area (Å²) in [5, 5.41) is 7.61. The molecule has 0 unspecified atom stereocenters. The minimum absolute atomic E-state index is 0.0244. The number of anilines is 2. The summed E-state index contributed by atoms with van der Waals surface area (Å²) in [4.78, 5) is 12.6. The Labute approximate surface area is 161 Å². The zero-order chi connectivity index (χ0) is 21.3. The van der Waals surface area contributed by atoms with E-state index in [1.807, 2.05) is 32.0 Å². The summed E-state index contributed by atoms with van der Waals surface area (Å²) in [5.41, 5.74) is 0.994. The van der Waals surface area contributed by atoms with E-state index >= 15 is 0 Å². The number of sulfonamides is 1. The van der Waals surface area contributed by atoms with Crippen molar-refractivity contribution in [2.45, 2.75) is 24.9 Å². The van der Waals surface area contributed by atoms with Crippen molar-refractivity contribution in [2.75, 3.05) is 23.8 Å². The third-order valence-electron chi connectivity index (χ3n) is 4.14. The van der Waals surface area contributed by atoms with Crippen LogP contribution in [0.3, 0.4) is 0 Å². The number of para-hydroxylation sites is 1. The second-order valence-electron chi connectivity index (χ2n) is 6.39. The summed E-state index contributed by atoms with van der Waals surface area (Å²) in [6, 6.07) is 8.11.